The van der Waals surface area contributed by atoms with Crippen LogP contribution in [0.3, 0.4) is 0 Å². The first kappa shape index (κ1) is 23.5. The van der Waals surface area contributed by atoms with E-state index in [1.807, 2.05) is 18.2 Å². The van der Waals surface area contributed by atoms with Gasteiger partial charge in [-0.3, -0.25) is 0 Å². The third kappa shape index (κ3) is 6.42. The van der Waals surface area contributed by atoms with Crippen LogP contribution in [-0.4, -0.2) is 55.2 Å². The fourth-order valence-electron chi connectivity index (χ4n) is 4.79. The number of rotatable bonds is 12. The van der Waals surface area contributed by atoms with Gasteiger partial charge < -0.3 is 14.5 Å². The zero-order valence-electron chi connectivity index (χ0n) is 19.7. The largest absolute Gasteiger partial charge is 0.497 e. The molecule has 0 spiro atoms. The van der Waals surface area contributed by atoms with Crippen molar-refractivity contribution in [1.82, 2.24) is 14.9 Å². The van der Waals surface area contributed by atoms with Gasteiger partial charge in [0.2, 0.25) is 0 Å². The van der Waals surface area contributed by atoms with Crippen molar-refractivity contribution >= 4 is 16.7 Å². The third-order valence-corrected chi connectivity index (χ3v) is 6.79. The minimum atomic E-state index is 0.583. The maximum Gasteiger partial charge on any atom is 0.139 e. The van der Waals surface area contributed by atoms with Crippen molar-refractivity contribution in [2.75, 3.05) is 45.2 Å². The first-order chi connectivity index (χ1) is 15.2. The summed E-state index contributed by atoms with van der Waals surface area (Å²) < 4.78 is 5.41. The molecule has 5 nitrogen and oxygen atoms in total. The van der Waals surface area contributed by atoms with Crippen LogP contribution in [0.2, 0.25) is 0 Å². The number of aromatic nitrogens is 2. The van der Waals surface area contributed by atoms with Crippen LogP contribution in [0, 0.1) is 11.8 Å². The second-order valence-corrected chi connectivity index (χ2v) is 8.95. The Morgan fingerprint density at radius 1 is 1.23 bits per heavy atom. The van der Waals surface area contributed by atoms with E-state index in [2.05, 4.69) is 46.4 Å². The van der Waals surface area contributed by atoms with E-state index in [9.17, 15) is 0 Å². The molecular formula is C26H40N4O. The number of likely N-dealkylation sites (tertiary alicyclic amines) is 1. The highest BCUT2D eigenvalue weighted by Crippen LogP contribution is 2.30. The highest BCUT2D eigenvalue weighted by Gasteiger charge is 2.27. The number of anilines is 1. The van der Waals surface area contributed by atoms with Crippen LogP contribution in [0.1, 0.15) is 51.9 Å². The number of hydrogen-bond acceptors (Lipinski definition) is 5. The standard InChI is InChI=1S/C26H40N4O/c1-5-7-8-9-10-15-30-17-14-22(21(6-2)19-30)13-16-29(3)26-24-18-23(31-4)11-12-25(24)27-20-28-26/h6,11-12,18,20-22H,2,5,7-10,13-17,19H2,1,3-4H3. The van der Waals surface area contributed by atoms with Crippen LogP contribution < -0.4 is 9.64 Å². The van der Waals surface area contributed by atoms with Crippen LogP contribution in [0.15, 0.2) is 37.2 Å². The Morgan fingerprint density at radius 3 is 2.84 bits per heavy atom. The van der Waals surface area contributed by atoms with Crippen molar-refractivity contribution in [3.63, 3.8) is 0 Å². The molecule has 2 aromatic rings. The molecule has 0 amide bonds. The Kier molecular flexibility index (Phi) is 9.13. The lowest BCUT2D eigenvalue weighted by molar-refractivity contribution is 0.138. The molecule has 2 unspecified atom stereocenters. The summed E-state index contributed by atoms with van der Waals surface area (Å²) in [5.74, 6) is 3.09. The van der Waals surface area contributed by atoms with Gasteiger partial charge in [-0.1, -0.05) is 38.7 Å². The first-order valence-electron chi connectivity index (χ1n) is 12.0. The highest BCUT2D eigenvalue weighted by atomic mass is 16.5. The lowest BCUT2D eigenvalue weighted by Crippen LogP contribution is -2.41. The Hall–Kier alpha value is -2.14. The molecule has 0 saturated carbocycles. The van der Waals surface area contributed by atoms with Gasteiger partial charge in [-0.15, -0.1) is 6.58 Å². The summed E-state index contributed by atoms with van der Waals surface area (Å²) in [6, 6.07) is 5.98. The summed E-state index contributed by atoms with van der Waals surface area (Å²) in [4.78, 5) is 13.9. The Labute approximate surface area is 188 Å². The smallest absolute Gasteiger partial charge is 0.139 e. The quantitative estimate of drug-likeness (QED) is 0.330. The summed E-state index contributed by atoms with van der Waals surface area (Å²) in [7, 11) is 3.83. The van der Waals surface area contributed by atoms with E-state index in [-0.39, 0.29) is 0 Å². The number of benzene rings is 1. The van der Waals surface area contributed by atoms with Crippen molar-refractivity contribution in [3.8, 4) is 5.75 Å². The van der Waals surface area contributed by atoms with Crippen LogP contribution in [0.4, 0.5) is 5.82 Å². The first-order valence-corrected chi connectivity index (χ1v) is 12.0. The maximum atomic E-state index is 5.41. The van der Waals surface area contributed by atoms with Gasteiger partial charge in [0.25, 0.3) is 0 Å². The van der Waals surface area contributed by atoms with Crippen molar-refractivity contribution < 1.29 is 4.74 Å². The number of methoxy groups -OCH3 is 1. The molecule has 0 N–H and O–H groups in total. The van der Waals surface area contributed by atoms with Crippen molar-refractivity contribution in [3.05, 3.63) is 37.2 Å². The van der Waals surface area contributed by atoms with Gasteiger partial charge in [0.1, 0.15) is 17.9 Å². The number of nitrogens with zero attached hydrogens (tertiary/aromatic N) is 4. The minimum Gasteiger partial charge on any atom is -0.497 e. The third-order valence-electron chi connectivity index (χ3n) is 6.79. The Bertz CT molecular complexity index is 824. The molecule has 2 atom stereocenters. The van der Waals surface area contributed by atoms with E-state index in [4.69, 9.17) is 4.74 Å². The lowest BCUT2D eigenvalue weighted by Gasteiger charge is -2.38. The molecule has 0 radical (unpaired) electrons. The fraction of sp³-hybridized carbons (Fsp3) is 0.615. The van der Waals surface area contributed by atoms with Gasteiger partial charge in [-0.05, 0) is 62.4 Å². The molecule has 0 bridgehead atoms. The predicted molar refractivity (Wildman–Crippen MR) is 131 cm³/mol. The molecule has 5 heteroatoms. The highest BCUT2D eigenvalue weighted by molar-refractivity contribution is 5.90. The fourth-order valence-corrected chi connectivity index (χ4v) is 4.79. The molecule has 1 aromatic carbocycles. The van der Waals surface area contributed by atoms with Gasteiger partial charge in [0, 0.05) is 25.5 Å². The van der Waals surface area contributed by atoms with Crippen molar-refractivity contribution in [2.24, 2.45) is 11.8 Å². The van der Waals surface area contributed by atoms with Crippen molar-refractivity contribution in [2.45, 2.75) is 51.9 Å². The lowest BCUT2D eigenvalue weighted by atomic mass is 9.83. The molecule has 2 heterocycles. The second kappa shape index (κ2) is 12.0. The van der Waals surface area contributed by atoms with E-state index < -0.39 is 0 Å². The summed E-state index contributed by atoms with van der Waals surface area (Å²) >= 11 is 0. The summed E-state index contributed by atoms with van der Waals surface area (Å²) in [6.07, 6.45) is 13.1. The van der Waals surface area contributed by atoms with Gasteiger partial charge in [0.15, 0.2) is 0 Å². The van der Waals surface area contributed by atoms with Gasteiger partial charge in [-0.2, -0.15) is 0 Å². The topological polar surface area (TPSA) is 41.5 Å². The van der Waals surface area contributed by atoms with E-state index in [1.165, 1.54) is 58.2 Å². The monoisotopic (exact) mass is 424 g/mol. The molecule has 170 valence electrons. The summed E-state index contributed by atoms with van der Waals surface area (Å²) in [6.45, 7) is 11.1. The molecule has 0 aliphatic carbocycles. The Balaban J connectivity index is 1.54. The molecule has 1 aromatic heterocycles. The average molecular weight is 425 g/mol. The van der Waals surface area contributed by atoms with Crippen LogP contribution in [-0.2, 0) is 0 Å². The van der Waals surface area contributed by atoms with Crippen LogP contribution >= 0.6 is 0 Å². The van der Waals surface area contributed by atoms with E-state index in [1.54, 1.807) is 13.4 Å². The molecule has 31 heavy (non-hydrogen) atoms. The number of ether oxygens (including phenoxy) is 1. The number of hydrogen-bond donors (Lipinski definition) is 0. The summed E-state index contributed by atoms with van der Waals surface area (Å²) in [5.41, 5.74) is 0.953. The average Bonchev–Trinajstić information content (AvgIpc) is 2.81. The molecule has 1 aliphatic heterocycles. The van der Waals surface area contributed by atoms with Gasteiger partial charge >= 0.3 is 0 Å². The SMILES string of the molecule is C=CC1CN(CCCCCCC)CCC1CCN(C)c1ncnc2ccc(OC)cc12. The molecule has 3 rings (SSSR count). The predicted octanol–water partition coefficient (Wildman–Crippen LogP) is 5.56. The molecular weight excluding hydrogens is 384 g/mol. The number of piperidine rings is 1. The second-order valence-electron chi connectivity index (χ2n) is 8.95. The maximum absolute atomic E-state index is 5.41. The molecule has 1 saturated heterocycles. The van der Waals surface area contributed by atoms with Gasteiger partial charge in [0.05, 0.1) is 12.6 Å². The number of fused-ring (bicyclic) bond motifs is 1. The van der Waals surface area contributed by atoms with E-state index in [0.29, 0.717) is 11.8 Å². The van der Waals surface area contributed by atoms with Crippen LogP contribution in [0.25, 0.3) is 10.9 Å². The Morgan fingerprint density at radius 2 is 2.06 bits per heavy atom. The number of unbranched alkanes of at least 4 members (excludes halogenated alkanes) is 4. The zero-order valence-corrected chi connectivity index (χ0v) is 19.7. The zero-order chi connectivity index (χ0) is 22.1. The van der Waals surface area contributed by atoms with Crippen molar-refractivity contribution in [1.29, 1.82) is 0 Å². The van der Waals surface area contributed by atoms with E-state index >= 15 is 0 Å². The van der Waals surface area contributed by atoms with E-state index in [0.717, 1.165) is 35.4 Å². The summed E-state index contributed by atoms with van der Waals surface area (Å²) in [5, 5.41) is 1.04. The molecule has 1 fully saturated rings. The van der Waals surface area contributed by atoms with Crippen LogP contribution in [0.5, 0.6) is 5.75 Å². The minimum absolute atomic E-state index is 0.583. The van der Waals surface area contributed by atoms with Gasteiger partial charge in [-0.25, -0.2) is 9.97 Å². The molecule has 1 aliphatic rings. The normalized spacial score (nSPS) is 19.5.